The summed E-state index contributed by atoms with van der Waals surface area (Å²) in [7, 11) is 2.11. The molecule has 1 aromatic carbocycles. The standard InChI is InChI=1S/C19H25N5O2/c1-14(2)26-17-7-5-4-6-15(17)22-19(25)16-12-21-18(13-20-16)24-10-8-23(3)9-11-24/h4-7,12-14H,8-11H2,1-3H3,(H,22,25). The molecule has 138 valence electrons. The van der Waals surface area contributed by atoms with Crippen molar-refractivity contribution >= 4 is 17.4 Å². The molecule has 1 saturated heterocycles. The summed E-state index contributed by atoms with van der Waals surface area (Å²) in [6.45, 7) is 7.71. The lowest BCUT2D eigenvalue weighted by atomic mass is 10.2. The number of likely N-dealkylation sites (N-methyl/N-ethyl adjacent to an activating group) is 1. The van der Waals surface area contributed by atoms with E-state index in [1.807, 2.05) is 38.1 Å². The van der Waals surface area contributed by atoms with Gasteiger partial charge in [0, 0.05) is 26.2 Å². The fourth-order valence-corrected chi connectivity index (χ4v) is 2.75. The number of anilines is 2. The topological polar surface area (TPSA) is 70.6 Å². The number of hydrogen-bond donors (Lipinski definition) is 1. The van der Waals surface area contributed by atoms with Gasteiger partial charge in [0.15, 0.2) is 0 Å². The van der Waals surface area contributed by atoms with Gasteiger partial charge in [0.2, 0.25) is 0 Å². The number of nitrogens with zero attached hydrogens (tertiary/aromatic N) is 4. The molecule has 0 saturated carbocycles. The average molecular weight is 355 g/mol. The van der Waals surface area contributed by atoms with Gasteiger partial charge in [0.05, 0.1) is 24.2 Å². The van der Waals surface area contributed by atoms with Crippen LogP contribution in [-0.4, -0.2) is 60.1 Å². The summed E-state index contributed by atoms with van der Waals surface area (Å²) >= 11 is 0. The van der Waals surface area contributed by atoms with Gasteiger partial charge in [0.1, 0.15) is 17.3 Å². The Morgan fingerprint density at radius 1 is 1.12 bits per heavy atom. The minimum absolute atomic E-state index is 0.0238. The first-order chi connectivity index (χ1) is 12.5. The maximum Gasteiger partial charge on any atom is 0.275 e. The maximum absolute atomic E-state index is 12.5. The van der Waals surface area contributed by atoms with Crippen molar-refractivity contribution in [1.29, 1.82) is 0 Å². The number of rotatable bonds is 5. The Balaban J connectivity index is 1.67. The lowest BCUT2D eigenvalue weighted by Crippen LogP contribution is -2.44. The van der Waals surface area contributed by atoms with Gasteiger partial charge in [-0.25, -0.2) is 9.97 Å². The molecular formula is C19H25N5O2. The Morgan fingerprint density at radius 2 is 1.85 bits per heavy atom. The van der Waals surface area contributed by atoms with Crippen LogP contribution in [0, 0.1) is 0 Å². The minimum Gasteiger partial charge on any atom is -0.489 e. The second kappa shape index (κ2) is 8.14. The van der Waals surface area contributed by atoms with Crippen molar-refractivity contribution in [2.24, 2.45) is 0 Å². The zero-order chi connectivity index (χ0) is 18.5. The van der Waals surface area contributed by atoms with E-state index in [-0.39, 0.29) is 17.7 Å². The Kier molecular flexibility index (Phi) is 5.68. The third kappa shape index (κ3) is 4.49. The van der Waals surface area contributed by atoms with Crippen molar-refractivity contribution in [2.45, 2.75) is 20.0 Å². The largest absolute Gasteiger partial charge is 0.489 e. The second-order valence-corrected chi connectivity index (χ2v) is 6.67. The van der Waals surface area contributed by atoms with Crippen LogP contribution in [0.1, 0.15) is 24.3 Å². The Hall–Kier alpha value is -2.67. The van der Waals surface area contributed by atoms with Gasteiger partial charge in [0.25, 0.3) is 5.91 Å². The van der Waals surface area contributed by atoms with Crippen molar-refractivity contribution in [3.05, 3.63) is 42.4 Å². The van der Waals surface area contributed by atoms with Crippen LogP contribution in [-0.2, 0) is 0 Å². The monoisotopic (exact) mass is 355 g/mol. The van der Waals surface area contributed by atoms with E-state index < -0.39 is 0 Å². The molecule has 1 aliphatic heterocycles. The van der Waals surface area contributed by atoms with Crippen LogP contribution in [0.15, 0.2) is 36.7 Å². The summed E-state index contributed by atoms with van der Waals surface area (Å²) in [5.41, 5.74) is 0.901. The molecule has 1 aliphatic rings. The molecule has 1 N–H and O–H groups in total. The highest BCUT2D eigenvalue weighted by molar-refractivity contribution is 6.03. The normalized spacial score (nSPS) is 15.2. The van der Waals surface area contributed by atoms with Crippen molar-refractivity contribution in [2.75, 3.05) is 43.4 Å². The molecule has 7 nitrogen and oxygen atoms in total. The van der Waals surface area contributed by atoms with Gasteiger partial charge in [-0.05, 0) is 33.0 Å². The summed E-state index contributed by atoms with van der Waals surface area (Å²) in [6.07, 6.45) is 3.21. The van der Waals surface area contributed by atoms with E-state index in [4.69, 9.17) is 4.74 Å². The van der Waals surface area contributed by atoms with E-state index in [9.17, 15) is 4.79 Å². The van der Waals surface area contributed by atoms with Crippen molar-refractivity contribution < 1.29 is 9.53 Å². The third-order valence-corrected chi connectivity index (χ3v) is 4.20. The molecule has 0 unspecified atom stereocenters. The van der Waals surface area contributed by atoms with Crippen molar-refractivity contribution in [1.82, 2.24) is 14.9 Å². The fourth-order valence-electron chi connectivity index (χ4n) is 2.75. The third-order valence-electron chi connectivity index (χ3n) is 4.20. The van der Waals surface area contributed by atoms with Crippen LogP contribution in [0.2, 0.25) is 0 Å². The van der Waals surface area contributed by atoms with E-state index in [1.54, 1.807) is 6.20 Å². The summed E-state index contributed by atoms with van der Waals surface area (Å²) in [6, 6.07) is 7.36. The molecular weight excluding hydrogens is 330 g/mol. The van der Waals surface area contributed by atoms with E-state index in [2.05, 4.69) is 32.1 Å². The molecule has 2 heterocycles. The molecule has 2 aromatic rings. The van der Waals surface area contributed by atoms with Gasteiger partial charge < -0.3 is 19.9 Å². The van der Waals surface area contributed by atoms with Crippen LogP contribution in [0.25, 0.3) is 0 Å². The van der Waals surface area contributed by atoms with Gasteiger partial charge in [-0.2, -0.15) is 0 Å². The number of carbonyl (C=O) groups excluding carboxylic acids is 1. The predicted molar refractivity (Wildman–Crippen MR) is 102 cm³/mol. The molecule has 0 atom stereocenters. The SMILES string of the molecule is CC(C)Oc1ccccc1NC(=O)c1cnc(N2CCN(C)CC2)cn1. The maximum atomic E-state index is 12.5. The molecule has 1 aromatic heterocycles. The second-order valence-electron chi connectivity index (χ2n) is 6.67. The summed E-state index contributed by atoms with van der Waals surface area (Å²) in [5.74, 6) is 1.14. The number of aromatic nitrogens is 2. The highest BCUT2D eigenvalue weighted by Gasteiger charge is 2.17. The highest BCUT2D eigenvalue weighted by atomic mass is 16.5. The average Bonchev–Trinajstić information content (AvgIpc) is 2.64. The Labute approximate surface area is 154 Å². The van der Waals surface area contributed by atoms with E-state index in [0.717, 1.165) is 32.0 Å². The Bertz CT molecular complexity index is 740. The zero-order valence-electron chi connectivity index (χ0n) is 15.5. The lowest BCUT2D eigenvalue weighted by Gasteiger charge is -2.32. The highest BCUT2D eigenvalue weighted by Crippen LogP contribution is 2.25. The molecule has 0 spiro atoms. The number of hydrogen-bond acceptors (Lipinski definition) is 6. The Morgan fingerprint density at radius 3 is 2.50 bits per heavy atom. The number of nitrogens with one attached hydrogen (secondary N) is 1. The van der Waals surface area contributed by atoms with Crippen LogP contribution >= 0.6 is 0 Å². The van der Waals surface area contributed by atoms with E-state index in [1.165, 1.54) is 6.20 Å². The summed E-state index contributed by atoms with van der Waals surface area (Å²) in [5, 5.41) is 2.85. The smallest absolute Gasteiger partial charge is 0.275 e. The van der Waals surface area contributed by atoms with Crippen LogP contribution in [0.5, 0.6) is 5.75 Å². The predicted octanol–water partition coefficient (Wildman–Crippen LogP) is 2.27. The molecule has 26 heavy (non-hydrogen) atoms. The van der Waals surface area contributed by atoms with Gasteiger partial charge in [-0.15, -0.1) is 0 Å². The first kappa shape index (κ1) is 18.1. The molecule has 1 fully saturated rings. The number of carbonyl (C=O) groups is 1. The van der Waals surface area contributed by atoms with E-state index in [0.29, 0.717) is 11.4 Å². The zero-order valence-corrected chi connectivity index (χ0v) is 15.5. The molecule has 3 rings (SSSR count). The lowest BCUT2D eigenvalue weighted by molar-refractivity contribution is 0.102. The minimum atomic E-state index is -0.303. The van der Waals surface area contributed by atoms with Gasteiger partial charge >= 0.3 is 0 Å². The molecule has 0 bridgehead atoms. The van der Waals surface area contributed by atoms with Crippen molar-refractivity contribution in [3.63, 3.8) is 0 Å². The van der Waals surface area contributed by atoms with Crippen LogP contribution < -0.4 is 15.0 Å². The van der Waals surface area contributed by atoms with Gasteiger partial charge in [-0.3, -0.25) is 4.79 Å². The molecule has 0 radical (unpaired) electrons. The van der Waals surface area contributed by atoms with Crippen LogP contribution in [0.4, 0.5) is 11.5 Å². The first-order valence-corrected chi connectivity index (χ1v) is 8.85. The molecule has 1 amide bonds. The quantitative estimate of drug-likeness (QED) is 0.887. The van der Waals surface area contributed by atoms with E-state index >= 15 is 0 Å². The number of amides is 1. The number of benzene rings is 1. The summed E-state index contributed by atoms with van der Waals surface area (Å²) in [4.78, 5) is 25.7. The number of ether oxygens (including phenoxy) is 1. The number of piperazine rings is 1. The summed E-state index contributed by atoms with van der Waals surface area (Å²) < 4.78 is 5.73. The van der Waals surface area contributed by atoms with Crippen LogP contribution in [0.3, 0.4) is 0 Å². The first-order valence-electron chi connectivity index (χ1n) is 8.85. The van der Waals surface area contributed by atoms with Gasteiger partial charge in [-0.1, -0.05) is 12.1 Å². The fraction of sp³-hybridized carbons (Fsp3) is 0.421. The van der Waals surface area contributed by atoms with Crippen molar-refractivity contribution in [3.8, 4) is 5.75 Å². The number of para-hydroxylation sites is 2. The molecule has 7 heteroatoms. The molecule has 0 aliphatic carbocycles.